The number of likely N-dealkylation sites (tertiary alicyclic amines) is 1. The first-order valence-electron chi connectivity index (χ1n) is 8.97. The molecule has 5 nitrogen and oxygen atoms in total. The predicted octanol–water partition coefficient (Wildman–Crippen LogP) is 3.87. The summed E-state index contributed by atoms with van der Waals surface area (Å²) in [4.78, 5) is 20.8. The second-order valence-electron chi connectivity index (χ2n) is 6.60. The highest BCUT2D eigenvalue weighted by Gasteiger charge is 2.22. The third kappa shape index (κ3) is 6.72. The van der Waals surface area contributed by atoms with Gasteiger partial charge in [0.15, 0.2) is 5.96 Å². The van der Waals surface area contributed by atoms with Crippen LogP contribution in [0.2, 0.25) is 0 Å². The molecule has 1 aromatic carbocycles. The topological polar surface area (TPSA) is 47.9 Å². The number of hydrogen-bond acceptors (Lipinski definition) is 2. The average Bonchev–Trinajstić information content (AvgIpc) is 2.60. The molecule has 1 aromatic rings. The second-order valence-corrected chi connectivity index (χ2v) is 7.46. The molecule has 0 bridgehead atoms. The highest BCUT2D eigenvalue weighted by Crippen LogP contribution is 2.18. The van der Waals surface area contributed by atoms with Gasteiger partial charge in [0, 0.05) is 50.7 Å². The molecule has 26 heavy (non-hydrogen) atoms. The Morgan fingerprint density at radius 1 is 1.38 bits per heavy atom. The third-order valence-corrected chi connectivity index (χ3v) is 5.46. The van der Waals surface area contributed by atoms with Crippen LogP contribution in [0.15, 0.2) is 33.7 Å². The number of amides is 1. The number of rotatable bonds is 5. The highest BCUT2D eigenvalue weighted by atomic mass is 127. The number of nitrogens with one attached hydrogen (secondary N) is 1. The molecule has 1 aliphatic rings. The number of halogens is 2. The number of hydrogen-bond donors (Lipinski definition) is 1. The van der Waals surface area contributed by atoms with E-state index in [1.54, 1.807) is 7.05 Å². The Bertz CT molecular complexity index is 611. The minimum Gasteiger partial charge on any atom is -0.356 e. The van der Waals surface area contributed by atoms with Gasteiger partial charge in [-0.15, -0.1) is 24.0 Å². The number of benzene rings is 1. The quantitative estimate of drug-likeness (QED) is 0.353. The van der Waals surface area contributed by atoms with Crippen LogP contribution in [0.5, 0.6) is 0 Å². The summed E-state index contributed by atoms with van der Waals surface area (Å²) in [6.07, 6.45) is 3.98. The summed E-state index contributed by atoms with van der Waals surface area (Å²) in [5.74, 6) is 1.04. The molecule has 2 rings (SSSR count). The van der Waals surface area contributed by atoms with Gasteiger partial charge in [-0.3, -0.25) is 9.79 Å². The van der Waals surface area contributed by atoms with E-state index in [2.05, 4.69) is 44.1 Å². The number of guanidine groups is 1. The van der Waals surface area contributed by atoms with E-state index in [1.807, 2.05) is 30.1 Å². The predicted molar refractivity (Wildman–Crippen MR) is 122 cm³/mol. The number of nitrogens with zero attached hydrogens (tertiary/aromatic N) is 3. The van der Waals surface area contributed by atoms with E-state index < -0.39 is 0 Å². The average molecular weight is 537 g/mol. The lowest BCUT2D eigenvalue weighted by atomic mass is 10.0. The maximum atomic E-state index is 12.4. The molecule has 0 saturated carbocycles. The van der Waals surface area contributed by atoms with Gasteiger partial charge in [-0.25, -0.2) is 0 Å². The van der Waals surface area contributed by atoms with Crippen LogP contribution in [0.1, 0.15) is 38.2 Å². The van der Waals surface area contributed by atoms with Crippen LogP contribution in [-0.4, -0.2) is 54.9 Å². The van der Waals surface area contributed by atoms with E-state index in [1.165, 1.54) is 12.0 Å². The zero-order valence-corrected chi connectivity index (χ0v) is 19.8. The van der Waals surface area contributed by atoms with Crippen LogP contribution < -0.4 is 5.32 Å². The monoisotopic (exact) mass is 536 g/mol. The fourth-order valence-corrected chi connectivity index (χ4v) is 3.65. The fraction of sp³-hybridized carbons (Fsp3) is 0.579. The molecule has 146 valence electrons. The summed E-state index contributed by atoms with van der Waals surface area (Å²) in [7, 11) is 3.77. The molecule has 1 aliphatic heterocycles. The van der Waals surface area contributed by atoms with Crippen molar-refractivity contribution in [2.45, 2.75) is 45.2 Å². The Hall–Kier alpha value is -0.830. The minimum absolute atomic E-state index is 0. The first kappa shape index (κ1) is 23.2. The first-order chi connectivity index (χ1) is 12.0. The van der Waals surface area contributed by atoms with Gasteiger partial charge < -0.3 is 15.1 Å². The Kier molecular flexibility index (Phi) is 10.5. The van der Waals surface area contributed by atoms with Crippen LogP contribution in [0.4, 0.5) is 0 Å². The summed E-state index contributed by atoms with van der Waals surface area (Å²) in [6, 6.07) is 8.54. The van der Waals surface area contributed by atoms with Gasteiger partial charge in [0.05, 0.1) is 0 Å². The van der Waals surface area contributed by atoms with E-state index in [-0.39, 0.29) is 29.9 Å². The molecule has 1 atom stereocenters. The molecule has 0 aliphatic carbocycles. The molecular formula is C19H30BrIN4O. The lowest BCUT2D eigenvalue weighted by Crippen LogP contribution is -2.44. The van der Waals surface area contributed by atoms with Gasteiger partial charge >= 0.3 is 0 Å². The van der Waals surface area contributed by atoms with Gasteiger partial charge in [-0.1, -0.05) is 34.1 Å². The normalized spacial score (nSPS) is 17.5. The molecule has 0 aromatic heterocycles. The fourth-order valence-electron chi connectivity index (χ4n) is 3.24. The van der Waals surface area contributed by atoms with Crippen molar-refractivity contribution in [3.8, 4) is 0 Å². The maximum Gasteiger partial charge on any atom is 0.224 e. The Morgan fingerprint density at radius 3 is 2.77 bits per heavy atom. The molecular weight excluding hydrogens is 507 g/mol. The zero-order valence-electron chi connectivity index (χ0n) is 15.9. The Morgan fingerprint density at radius 2 is 2.12 bits per heavy atom. The van der Waals surface area contributed by atoms with Crippen LogP contribution in [-0.2, 0) is 11.3 Å². The molecule has 1 fully saturated rings. The third-order valence-electron chi connectivity index (χ3n) is 4.68. The van der Waals surface area contributed by atoms with Crippen molar-refractivity contribution in [2.24, 2.45) is 4.99 Å². The number of carbonyl (C=O) groups excluding carboxylic acids is 1. The van der Waals surface area contributed by atoms with Gasteiger partial charge in [-0.05, 0) is 37.8 Å². The molecule has 0 spiro atoms. The Labute approximate surface area is 182 Å². The minimum atomic E-state index is 0. The van der Waals surface area contributed by atoms with Gasteiger partial charge in [0.2, 0.25) is 5.91 Å². The SMILES string of the molecule is CN=C(NCCC(=O)N1CCCCC1C)N(C)Cc1ccccc1Br.I. The largest absolute Gasteiger partial charge is 0.356 e. The van der Waals surface area contributed by atoms with Gasteiger partial charge in [0.25, 0.3) is 0 Å². The van der Waals surface area contributed by atoms with Gasteiger partial charge in [-0.2, -0.15) is 0 Å². The standard InChI is InChI=1S/C19H29BrN4O.HI/c1-15-8-6-7-13-24(15)18(25)11-12-22-19(21-2)23(3)14-16-9-4-5-10-17(16)20;/h4-5,9-10,15H,6-8,11-14H2,1-3H3,(H,21,22);1H. The highest BCUT2D eigenvalue weighted by molar-refractivity contribution is 14.0. The lowest BCUT2D eigenvalue weighted by Gasteiger charge is -2.33. The van der Waals surface area contributed by atoms with Crippen molar-refractivity contribution in [2.75, 3.05) is 27.2 Å². The summed E-state index contributed by atoms with van der Waals surface area (Å²) in [5.41, 5.74) is 1.20. The van der Waals surface area contributed by atoms with E-state index >= 15 is 0 Å². The van der Waals surface area contributed by atoms with Crippen molar-refractivity contribution in [1.29, 1.82) is 0 Å². The molecule has 1 heterocycles. The Balaban J connectivity index is 0.00000338. The molecule has 7 heteroatoms. The molecule has 1 N–H and O–H groups in total. The van der Waals surface area contributed by atoms with Crippen LogP contribution in [0, 0.1) is 0 Å². The van der Waals surface area contributed by atoms with E-state index in [4.69, 9.17) is 0 Å². The van der Waals surface area contributed by atoms with E-state index in [0.717, 1.165) is 36.4 Å². The van der Waals surface area contributed by atoms with Crippen molar-refractivity contribution < 1.29 is 4.79 Å². The summed E-state index contributed by atoms with van der Waals surface area (Å²) < 4.78 is 1.09. The van der Waals surface area contributed by atoms with Gasteiger partial charge in [0.1, 0.15) is 0 Å². The van der Waals surface area contributed by atoms with Crippen LogP contribution in [0.25, 0.3) is 0 Å². The molecule has 1 saturated heterocycles. The maximum absolute atomic E-state index is 12.4. The van der Waals surface area contributed by atoms with Crippen LogP contribution >= 0.6 is 39.9 Å². The number of aliphatic imine (C=N–C) groups is 1. The zero-order chi connectivity index (χ0) is 18.2. The van der Waals surface area contributed by atoms with Crippen molar-refractivity contribution in [3.63, 3.8) is 0 Å². The molecule has 1 amide bonds. The lowest BCUT2D eigenvalue weighted by molar-refractivity contribution is -0.134. The summed E-state index contributed by atoms with van der Waals surface area (Å²) in [6.45, 7) is 4.40. The van der Waals surface area contributed by atoms with Crippen molar-refractivity contribution in [1.82, 2.24) is 15.1 Å². The van der Waals surface area contributed by atoms with Crippen LogP contribution in [0.3, 0.4) is 0 Å². The number of piperidine rings is 1. The molecule has 0 radical (unpaired) electrons. The smallest absolute Gasteiger partial charge is 0.224 e. The van der Waals surface area contributed by atoms with Crippen molar-refractivity contribution in [3.05, 3.63) is 34.3 Å². The van der Waals surface area contributed by atoms with E-state index in [9.17, 15) is 4.79 Å². The van der Waals surface area contributed by atoms with E-state index in [0.29, 0.717) is 19.0 Å². The molecule has 1 unspecified atom stereocenters. The van der Waals surface area contributed by atoms with Crippen molar-refractivity contribution >= 4 is 51.8 Å². The summed E-state index contributed by atoms with van der Waals surface area (Å²) in [5, 5.41) is 3.31. The number of carbonyl (C=O) groups is 1. The second kappa shape index (κ2) is 11.8. The summed E-state index contributed by atoms with van der Waals surface area (Å²) >= 11 is 3.58. The first-order valence-corrected chi connectivity index (χ1v) is 9.77.